The third-order valence-corrected chi connectivity index (χ3v) is 7.92. The van der Waals surface area contributed by atoms with Gasteiger partial charge in [0.25, 0.3) is 15.9 Å². The summed E-state index contributed by atoms with van der Waals surface area (Å²) in [6.07, 6.45) is 2.56. The van der Waals surface area contributed by atoms with E-state index in [-0.39, 0.29) is 11.4 Å². The van der Waals surface area contributed by atoms with E-state index in [1.807, 2.05) is 6.92 Å². The molecule has 8 nitrogen and oxygen atoms in total. The van der Waals surface area contributed by atoms with Crippen molar-refractivity contribution in [3.05, 3.63) is 95.5 Å². The Balaban J connectivity index is 1.70. The molecule has 0 bridgehead atoms. The second kappa shape index (κ2) is 10.5. The second-order valence-corrected chi connectivity index (χ2v) is 11.7. The van der Waals surface area contributed by atoms with Gasteiger partial charge in [0.1, 0.15) is 0 Å². The first-order chi connectivity index (χ1) is 16.4. The Bertz CT molecular complexity index is 1450. The molecule has 11 heteroatoms. The molecule has 184 valence electrons. The second-order valence-electron chi connectivity index (χ2n) is 7.68. The number of hydrogen-bond donors (Lipinski definition) is 2. The Morgan fingerprint density at radius 3 is 2.11 bits per heavy atom. The van der Waals surface area contributed by atoms with E-state index in [9.17, 15) is 21.6 Å². The molecule has 0 aliphatic heterocycles. The zero-order valence-corrected chi connectivity index (χ0v) is 21.4. The quantitative estimate of drug-likeness (QED) is 0.389. The van der Waals surface area contributed by atoms with E-state index in [2.05, 4.69) is 16.6 Å². The van der Waals surface area contributed by atoms with Crippen molar-refractivity contribution < 1.29 is 21.6 Å². The topological polar surface area (TPSA) is 113 Å². The fourth-order valence-corrected chi connectivity index (χ4v) is 5.23. The maximum atomic E-state index is 12.7. The van der Waals surface area contributed by atoms with Gasteiger partial charge in [-0.15, -0.1) is 6.58 Å². The first kappa shape index (κ1) is 26.3. The Morgan fingerprint density at radius 2 is 1.57 bits per heavy atom. The van der Waals surface area contributed by atoms with Gasteiger partial charge in [-0.3, -0.25) is 13.8 Å². The number of rotatable bonds is 9. The number of sulfonamides is 2. The van der Waals surface area contributed by atoms with Gasteiger partial charge in [0.2, 0.25) is 10.0 Å². The summed E-state index contributed by atoms with van der Waals surface area (Å²) in [5.74, 6) is -0.436. The summed E-state index contributed by atoms with van der Waals surface area (Å²) in [7, 11) is -7.35. The minimum absolute atomic E-state index is 0.0136. The number of carbonyl (C=O) groups excluding carboxylic acids is 1. The number of benzene rings is 3. The van der Waals surface area contributed by atoms with Crippen LogP contribution in [0.3, 0.4) is 0 Å². The van der Waals surface area contributed by atoms with Crippen molar-refractivity contribution in [3.8, 4) is 0 Å². The van der Waals surface area contributed by atoms with Crippen LogP contribution in [-0.2, 0) is 20.0 Å². The minimum atomic E-state index is -3.85. The third kappa shape index (κ3) is 6.62. The highest BCUT2D eigenvalue weighted by Gasteiger charge is 2.17. The maximum absolute atomic E-state index is 12.7. The number of nitrogens with zero attached hydrogens (tertiary/aromatic N) is 1. The summed E-state index contributed by atoms with van der Waals surface area (Å²) in [5.41, 5.74) is 2.26. The Kier molecular flexibility index (Phi) is 7.89. The van der Waals surface area contributed by atoms with E-state index >= 15 is 0 Å². The van der Waals surface area contributed by atoms with Crippen LogP contribution in [0.1, 0.15) is 15.9 Å². The summed E-state index contributed by atoms with van der Waals surface area (Å²) in [6, 6.07) is 16.6. The molecular formula is C24H24ClN3O5S2. The summed E-state index contributed by atoms with van der Waals surface area (Å²) in [5, 5.41) is 3.13. The molecule has 0 aromatic heterocycles. The molecule has 0 aliphatic carbocycles. The van der Waals surface area contributed by atoms with Crippen LogP contribution in [0.4, 0.5) is 17.1 Å². The normalized spacial score (nSPS) is 11.5. The monoisotopic (exact) mass is 533 g/mol. The van der Waals surface area contributed by atoms with Gasteiger partial charge < -0.3 is 5.32 Å². The molecule has 3 aromatic rings. The maximum Gasteiger partial charge on any atom is 0.261 e. The average molecular weight is 534 g/mol. The first-order valence-corrected chi connectivity index (χ1v) is 14.0. The first-order valence-electron chi connectivity index (χ1n) is 10.3. The lowest BCUT2D eigenvalue weighted by atomic mass is 10.2. The van der Waals surface area contributed by atoms with E-state index in [1.165, 1.54) is 65.0 Å². The number of amides is 1. The zero-order chi connectivity index (χ0) is 25.8. The van der Waals surface area contributed by atoms with Gasteiger partial charge in [-0.25, -0.2) is 16.8 Å². The van der Waals surface area contributed by atoms with Crippen LogP contribution in [0.15, 0.2) is 84.3 Å². The molecule has 2 N–H and O–H groups in total. The standard InChI is InChI=1S/C24H24ClN3O5S2/c1-4-15-28(34(3,30)31)21-11-6-18(7-12-21)24(29)26-19-9-13-22(14-10-19)35(32,33)27-20-8-5-17(2)23(25)16-20/h4-14,16,27H,1,15H2,2-3H3,(H,26,29). The highest BCUT2D eigenvalue weighted by Crippen LogP contribution is 2.24. The Labute approximate surface area is 210 Å². The molecule has 0 radical (unpaired) electrons. The van der Waals surface area contributed by atoms with Gasteiger partial charge in [0.15, 0.2) is 0 Å². The van der Waals surface area contributed by atoms with Crippen molar-refractivity contribution in [2.75, 3.05) is 27.1 Å². The summed E-state index contributed by atoms with van der Waals surface area (Å²) in [6.45, 7) is 5.48. The molecule has 35 heavy (non-hydrogen) atoms. The van der Waals surface area contributed by atoms with Crippen molar-refractivity contribution in [2.45, 2.75) is 11.8 Å². The average Bonchev–Trinajstić information content (AvgIpc) is 2.79. The van der Waals surface area contributed by atoms with E-state index in [4.69, 9.17) is 11.6 Å². The smallest absolute Gasteiger partial charge is 0.261 e. The molecule has 0 fully saturated rings. The highest BCUT2D eigenvalue weighted by atomic mass is 35.5. The summed E-state index contributed by atoms with van der Waals surface area (Å²) >= 11 is 6.06. The molecule has 0 saturated carbocycles. The molecule has 0 unspecified atom stereocenters. The molecule has 0 heterocycles. The number of anilines is 3. The fraction of sp³-hybridized carbons (Fsp3) is 0.125. The molecule has 3 rings (SSSR count). The molecule has 0 saturated heterocycles. The number of aryl methyl sites for hydroxylation is 1. The van der Waals surface area contributed by atoms with Gasteiger partial charge in [0, 0.05) is 16.3 Å². The number of halogens is 1. The van der Waals surface area contributed by atoms with Crippen molar-refractivity contribution >= 4 is 54.6 Å². The van der Waals surface area contributed by atoms with Gasteiger partial charge in [-0.1, -0.05) is 23.7 Å². The Morgan fingerprint density at radius 1 is 0.971 bits per heavy atom. The summed E-state index contributed by atoms with van der Waals surface area (Å²) in [4.78, 5) is 12.6. The van der Waals surface area contributed by atoms with Gasteiger partial charge in [-0.05, 0) is 73.2 Å². The third-order valence-electron chi connectivity index (χ3n) is 4.96. The lowest BCUT2D eigenvalue weighted by Gasteiger charge is -2.20. The van der Waals surface area contributed by atoms with Crippen molar-refractivity contribution in [1.82, 2.24) is 0 Å². The van der Waals surface area contributed by atoms with Crippen LogP contribution in [0.5, 0.6) is 0 Å². The zero-order valence-electron chi connectivity index (χ0n) is 19.0. The van der Waals surface area contributed by atoms with Crippen LogP contribution in [0, 0.1) is 6.92 Å². The highest BCUT2D eigenvalue weighted by molar-refractivity contribution is 7.92. The van der Waals surface area contributed by atoms with E-state index in [0.29, 0.717) is 27.6 Å². The molecule has 0 atom stereocenters. The molecule has 1 amide bonds. The van der Waals surface area contributed by atoms with Crippen LogP contribution < -0.4 is 14.3 Å². The number of hydrogen-bond acceptors (Lipinski definition) is 5. The molecule has 3 aromatic carbocycles. The predicted molar refractivity (Wildman–Crippen MR) is 140 cm³/mol. The Hall–Kier alpha value is -3.34. The van der Waals surface area contributed by atoms with Crippen molar-refractivity contribution in [2.24, 2.45) is 0 Å². The number of nitrogens with one attached hydrogen (secondary N) is 2. The van der Waals surface area contributed by atoms with E-state index in [0.717, 1.165) is 11.8 Å². The number of carbonyl (C=O) groups is 1. The van der Waals surface area contributed by atoms with Crippen LogP contribution in [0.2, 0.25) is 5.02 Å². The van der Waals surface area contributed by atoms with E-state index < -0.39 is 26.0 Å². The van der Waals surface area contributed by atoms with E-state index in [1.54, 1.807) is 12.1 Å². The van der Waals surface area contributed by atoms with Crippen molar-refractivity contribution in [3.63, 3.8) is 0 Å². The van der Waals surface area contributed by atoms with Crippen LogP contribution in [-0.4, -0.2) is 35.5 Å². The molecular weight excluding hydrogens is 510 g/mol. The van der Waals surface area contributed by atoms with Crippen LogP contribution in [0.25, 0.3) is 0 Å². The lowest BCUT2D eigenvalue weighted by Crippen LogP contribution is -2.29. The minimum Gasteiger partial charge on any atom is -0.322 e. The summed E-state index contributed by atoms with van der Waals surface area (Å²) < 4.78 is 52.9. The molecule has 0 aliphatic rings. The van der Waals surface area contributed by atoms with Crippen LogP contribution >= 0.6 is 11.6 Å². The largest absolute Gasteiger partial charge is 0.322 e. The van der Waals surface area contributed by atoms with Gasteiger partial charge in [0.05, 0.1) is 29.1 Å². The van der Waals surface area contributed by atoms with Gasteiger partial charge >= 0.3 is 0 Å². The van der Waals surface area contributed by atoms with Gasteiger partial charge in [-0.2, -0.15) is 0 Å². The molecule has 0 spiro atoms. The lowest BCUT2D eigenvalue weighted by molar-refractivity contribution is 0.102. The van der Waals surface area contributed by atoms with Crippen molar-refractivity contribution in [1.29, 1.82) is 0 Å². The fourth-order valence-electron chi connectivity index (χ4n) is 3.12. The SMILES string of the molecule is C=CCN(c1ccc(C(=O)Nc2ccc(S(=O)(=O)Nc3ccc(C)c(Cl)c3)cc2)cc1)S(C)(=O)=O. The predicted octanol–water partition coefficient (Wildman–Crippen LogP) is 4.65.